The van der Waals surface area contributed by atoms with E-state index in [0.717, 1.165) is 75.3 Å². The van der Waals surface area contributed by atoms with Crippen LogP contribution in [0.5, 0.6) is 0 Å². The number of unbranched alkanes of at least 4 members (excludes halogenated alkanes) is 1. The lowest BCUT2D eigenvalue weighted by Crippen LogP contribution is -2.57. The van der Waals surface area contributed by atoms with Crippen LogP contribution in [0.25, 0.3) is 10.4 Å². The Kier molecular flexibility index (Phi) is 18.9. The number of para-hydroxylation sites is 1. The fourth-order valence-electron chi connectivity index (χ4n) is 10.7. The maximum Gasteiger partial charge on any atom is 0.408 e. The van der Waals surface area contributed by atoms with Crippen LogP contribution in [0, 0.1) is 18.3 Å². The Morgan fingerprint density at radius 3 is 2.17 bits per heavy atom. The van der Waals surface area contributed by atoms with Crippen molar-refractivity contribution >= 4 is 58.4 Å². The number of ketones is 1. The second-order valence-electron chi connectivity index (χ2n) is 23.0. The average molecular weight is 1060 g/mol. The molecule has 0 unspecified atom stereocenters. The van der Waals surface area contributed by atoms with Crippen molar-refractivity contribution in [1.82, 2.24) is 25.8 Å². The average Bonchev–Trinajstić information content (AvgIpc) is 4.08. The molecule has 0 spiro atoms. The van der Waals surface area contributed by atoms with Crippen LogP contribution < -0.4 is 26.6 Å². The highest BCUT2D eigenvalue weighted by Gasteiger charge is 2.46. The van der Waals surface area contributed by atoms with Gasteiger partial charge in [-0.25, -0.2) is 9.78 Å². The van der Waals surface area contributed by atoms with Gasteiger partial charge in [0.15, 0.2) is 5.78 Å². The molecule has 3 aromatic carbocycles. The molecular formula is C59H77N7O9S. The number of anilines is 1. The van der Waals surface area contributed by atoms with Crippen molar-refractivity contribution < 1.29 is 43.4 Å². The van der Waals surface area contributed by atoms with E-state index in [0.29, 0.717) is 38.5 Å². The highest BCUT2D eigenvalue weighted by Crippen LogP contribution is 2.40. The zero-order chi connectivity index (χ0) is 54.9. The maximum atomic E-state index is 14.3. The van der Waals surface area contributed by atoms with Crippen LogP contribution >= 0.6 is 11.3 Å². The summed E-state index contributed by atoms with van der Waals surface area (Å²) in [5, 5.41) is 19.3. The van der Waals surface area contributed by atoms with Crippen LogP contribution in [0.15, 0.2) is 72.2 Å². The van der Waals surface area contributed by atoms with Gasteiger partial charge in [0.1, 0.15) is 23.7 Å². The molecule has 3 aliphatic rings. The van der Waals surface area contributed by atoms with Crippen LogP contribution in [0.3, 0.4) is 0 Å². The number of aliphatic hydroxyl groups is 1. The first-order valence-electron chi connectivity index (χ1n) is 26.9. The van der Waals surface area contributed by atoms with Crippen LogP contribution in [-0.2, 0) is 65.7 Å². The fraction of sp³-hybridized carbons (Fsp3) is 0.525. The Bertz CT molecular complexity index is 2730. The number of aryl methyl sites for hydroxylation is 4. The molecular weight excluding hydrogens is 983 g/mol. The van der Waals surface area contributed by atoms with Gasteiger partial charge in [-0.05, 0) is 130 Å². The van der Waals surface area contributed by atoms with Crippen molar-refractivity contribution in [3.05, 3.63) is 106 Å². The zero-order valence-electron chi connectivity index (χ0n) is 45.2. The number of nitrogens with two attached hydrogens (primary N) is 1. The summed E-state index contributed by atoms with van der Waals surface area (Å²) in [6.45, 7) is 13.1. The van der Waals surface area contributed by atoms with Crippen molar-refractivity contribution in [3.63, 3.8) is 0 Å². The molecule has 76 heavy (non-hydrogen) atoms. The molecule has 4 heterocycles. The Morgan fingerprint density at radius 1 is 0.855 bits per heavy atom. The lowest BCUT2D eigenvalue weighted by atomic mass is 9.85. The van der Waals surface area contributed by atoms with Crippen LogP contribution in [0.2, 0.25) is 0 Å². The number of β-amino-alcohol motifs (C(OH)–C–C–N with tert-alkyl or cyclic N) is 1. The molecule has 6 N–H and O–H groups in total. The van der Waals surface area contributed by atoms with E-state index in [4.69, 9.17) is 10.5 Å². The second-order valence-corrected chi connectivity index (χ2v) is 23.8. The highest BCUT2D eigenvalue weighted by atomic mass is 32.1. The third-order valence-electron chi connectivity index (χ3n) is 14.7. The number of benzene rings is 3. The van der Waals surface area contributed by atoms with Crippen LogP contribution in [0.1, 0.15) is 139 Å². The molecule has 0 saturated carbocycles. The first kappa shape index (κ1) is 57.2. The molecule has 7 rings (SSSR count). The molecule has 17 heteroatoms. The van der Waals surface area contributed by atoms with Gasteiger partial charge in [0.05, 0.1) is 33.9 Å². The first-order chi connectivity index (χ1) is 36.0. The van der Waals surface area contributed by atoms with Crippen LogP contribution in [-0.4, -0.2) is 98.8 Å². The Hall–Kier alpha value is -6.46. The maximum absolute atomic E-state index is 14.3. The number of thiazole rings is 1. The van der Waals surface area contributed by atoms with Gasteiger partial charge in [-0.2, -0.15) is 0 Å². The molecule has 408 valence electrons. The third kappa shape index (κ3) is 15.1. The normalized spacial score (nSPS) is 19.1. The van der Waals surface area contributed by atoms with Crippen molar-refractivity contribution in [2.45, 2.75) is 181 Å². The van der Waals surface area contributed by atoms with Crippen molar-refractivity contribution in [1.29, 1.82) is 0 Å². The molecule has 1 saturated heterocycles. The summed E-state index contributed by atoms with van der Waals surface area (Å²) in [5.41, 5.74) is 13.8. The van der Waals surface area contributed by atoms with E-state index in [-0.39, 0.29) is 68.2 Å². The molecule has 4 aromatic rings. The number of hydrogen-bond acceptors (Lipinski definition) is 11. The highest BCUT2D eigenvalue weighted by molar-refractivity contribution is 7.13. The van der Waals surface area contributed by atoms with Gasteiger partial charge >= 0.3 is 6.09 Å². The van der Waals surface area contributed by atoms with Gasteiger partial charge in [-0.15, -0.1) is 11.3 Å². The number of aromatic nitrogens is 1. The smallest absolute Gasteiger partial charge is 0.408 e. The number of carbonyl (C=O) groups excluding carboxylic acids is 7. The van der Waals surface area contributed by atoms with Gasteiger partial charge in [0.2, 0.25) is 29.5 Å². The van der Waals surface area contributed by atoms with Gasteiger partial charge in [0.25, 0.3) is 0 Å². The third-order valence-corrected chi connectivity index (χ3v) is 15.7. The van der Waals surface area contributed by atoms with E-state index in [2.05, 4.69) is 45.2 Å². The molecule has 0 radical (unpaired) electrons. The van der Waals surface area contributed by atoms with E-state index in [1.807, 2.05) is 75.7 Å². The number of Topliss-reactive ketones (excluding diaryl/α,β-unsaturated/α-hetero) is 1. The number of ether oxygens (including phenoxy) is 1. The molecule has 16 nitrogen and oxygen atoms in total. The largest absolute Gasteiger partial charge is 0.444 e. The lowest BCUT2D eigenvalue weighted by Gasteiger charge is -2.35. The number of hydrogen-bond donors (Lipinski definition) is 5. The van der Waals surface area contributed by atoms with Gasteiger partial charge < -0.3 is 36.4 Å². The number of nitrogens with zero attached hydrogens (tertiary/aromatic N) is 3. The number of primary amides is 1. The summed E-state index contributed by atoms with van der Waals surface area (Å²) in [4.78, 5) is 103. The Labute approximate surface area is 451 Å². The standard InChI is InChI=1S/C59H77N7O9S/c1-36-52(76-35-62-36)42-25-22-40(23-26-42)33-61-54(71)47-32-44(67)34-65(47)56(73)53(58(2,3)4)64-50(70)17-9-8-12-37-18-20-38(21-19-37)13-10-14-39(24-29-49(60)69)30-48(68)46-31-43-16-11-15-41-27-28-45(55(72)66(46)51(41)43)63-57(74)75-59(5,6)7/h11,15-16,18-23,25-26,35,39,44-47,53,67H,8-10,12-14,17,24,27-34H2,1-7H3,(H2,60,69)(H,61,71)(H,63,74)(H,64,70)/t39-,44-,45+,46+,47+,53-/m1/s1. The summed E-state index contributed by atoms with van der Waals surface area (Å²) < 4.78 is 5.47. The summed E-state index contributed by atoms with van der Waals surface area (Å²) in [7, 11) is 0. The van der Waals surface area contributed by atoms with Gasteiger partial charge in [0, 0.05) is 45.2 Å². The minimum atomic E-state index is -0.905. The first-order valence-corrected chi connectivity index (χ1v) is 27.8. The van der Waals surface area contributed by atoms with E-state index < -0.39 is 59.2 Å². The van der Waals surface area contributed by atoms with Crippen molar-refractivity contribution in [3.8, 4) is 10.4 Å². The molecule has 3 aliphatic heterocycles. The number of alkyl carbamates (subject to hydrolysis) is 1. The fourth-order valence-corrected chi connectivity index (χ4v) is 11.5. The monoisotopic (exact) mass is 1060 g/mol. The van der Waals surface area contributed by atoms with Gasteiger partial charge in [-0.1, -0.05) is 87.5 Å². The molecule has 6 atom stereocenters. The quantitative estimate of drug-likeness (QED) is 0.0484. The molecule has 1 aromatic heterocycles. The van der Waals surface area contributed by atoms with Gasteiger partial charge in [-0.3, -0.25) is 33.7 Å². The van der Waals surface area contributed by atoms with Crippen molar-refractivity contribution in [2.75, 3.05) is 11.4 Å². The summed E-state index contributed by atoms with van der Waals surface area (Å²) in [6, 6.07) is 18.8. The number of rotatable bonds is 22. The Balaban J connectivity index is 0.861. The molecule has 1 fully saturated rings. The molecule has 0 bridgehead atoms. The summed E-state index contributed by atoms with van der Waals surface area (Å²) in [6.07, 6.45) is 5.24. The van der Waals surface area contributed by atoms with E-state index in [1.54, 1.807) is 37.0 Å². The summed E-state index contributed by atoms with van der Waals surface area (Å²) in [5.74, 6) is -1.97. The minimum Gasteiger partial charge on any atom is -0.444 e. The topological polar surface area (TPSA) is 230 Å². The summed E-state index contributed by atoms with van der Waals surface area (Å²) >= 11 is 1.57. The predicted octanol–water partition coefficient (Wildman–Crippen LogP) is 7.60. The second kappa shape index (κ2) is 25.1. The van der Waals surface area contributed by atoms with E-state index in [9.17, 15) is 38.7 Å². The SMILES string of the molecule is Cc1ncsc1-c1ccc(CNC(=O)[C@@H]2C[C@@H](O)CN2C(=O)[C@@H](NC(=O)CCCCc2ccc(CCC[C@H](CCC(N)=O)CC(=O)[C@@H]3Cc4cccc5c4N3C(=O)[C@@H](NC(=O)OC(C)(C)C)CC5)cc2)C(C)(C)C)cc1. The predicted molar refractivity (Wildman–Crippen MR) is 293 cm³/mol. The molecule has 6 amide bonds. The number of carbonyl (C=O) groups is 7. The zero-order valence-corrected chi connectivity index (χ0v) is 46.1. The molecule has 0 aliphatic carbocycles. The lowest BCUT2D eigenvalue weighted by molar-refractivity contribution is -0.144. The number of nitrogens with one attached hydrogen (secondary N) is 3. The van der Waals surface area contributed by atoms with E-state index >= 15 is 0 Å². The number of likely N-dealkylation sites (tertiary alicyclic amines) is 1. The Morgan fingerprint density at radius 2 is 1.53 bits per heavy atom. The van der Waals surface area contributed by atoms with Crippen LogP contribution in [0.4, 0.5) is 10.5 Å². The van der Waals surface area contributed by atoms with Crippen molar-refractivity contribution in [2.24, 2.45) is 17.1 Å². The number of aliphatic hydroxyl groups excluding tert-OH is 1. The van der Waals surface area contributed by atoms with E-state index in [1.165, 1.54) is 4.90 Å². The number of amides is 6. The minimum absolute atomic E-state index is 0.000108.